The van der Waals surface area contributed by atoms with Crippen molar-refractivity contribution in [1.29, 1.82) is 0 Å². The highest BCUT2D eigenvalue weighted by Crippen LogP contribution is 2.14. The van der Waals surface area contributed by atoms with Crippen molar-refractivity contribution < 1.29 is 0 Å². The Morgan fingerprint density at radius 3 is 2.92 bits per heavy atom. The van der Waals surface area contributed by atoms with E-state index >= 15 is 0 Å². The quantitative estimate of drug-likeness (QED) is 0.612. The van der Waals surface area contributed by atoms with Gasteiger partial charge in [0.1, 0.15) is 5.82 Å². The molecule has 0 aliphatic carbocycles. The van der Waals surface area contributed by atoms with Crippen molar-refractivity contribution in [2.75, 3.05) is 0 Å². The standard InChI is InChI=1S/C9H13N3/c1-5-9-11-6-7(2)12(9)8(3)10-4/h6,8H,5H2,1-3H3. The predicted molar refractivity (Wildman–Crippen MR) is 47.7 cm³/mol. The third-order valence-electron chi connectivity index (χ3n) is 1.94. The van der Waals surface area contributed by atoms with E-state index in [0.29, 0.717) is 0 Å². The molecule has 12 heavy (non-hydrogen) atoms. The Morgan fingerprint density at radius 2 is 2.42 bits per heavy atom. The van der Waals surface area contributed by atoms with Gasteiger partial charge in [-0.3, -0.25) is 9.41 Å². The van der Waals surface area contributed by atoms with Crippen LogP contribution in [-0.4, -0.2) is 9.55 Å². The highest BCUT2D eigenvalue weighted by Gasteiger charge is 2.13. The molecule has 0 saturated heterocycles. The van der Waals surface area contributed by atoms with Gasteiger partial charge in [-0.1, -0.05) is 6.92 Å². The summed E-state index contributed by atoms with van der Waals surface area (Å²) in [5.41, 5.74) is 1.07. The van der Waals surface area contributed by atoms with Crippen LogP contribution < -0.4 is 0 Å². The summed E-state index contributed by atoms with van der Waals surface area (Å²) in [4.78, 5) is 7.70. The largest absolute Gasteiger partial charge is 0.300 e. The highest BCUT2D eigenvalue weighted by molar-refractivity contribution is 5.06. The Morgan fingerprint density at radius 1 is 1.75 bits per heavy atom. The van der Waals surface area contributed by atoms with Crippen LogP contribution in [0.25, 0.3) is 4.85 Å². The van der Waals surface area contributed by atoms with Gasteiger partial charge in [0.25, 0.3) is 6.17 Å². The van der Waals surface area contributed by atoms with Gasteiger partial charge in [0, 0.05) is 25.2 Å². The molecule has 0 fully saturated rings. The lowest BCUT2D eigenvalue weighted by atomic mass is 10.4. The summed E-state index contributed by atoms with van der Waals surface area (Å²) < 4.78 is 1.98. The number of hydrogen-bond acceptors (Lipinski definition) is 1. The van der Waals surface area contributed by atoms with Crippen LogP contribution in [0, 0.1) is 13.5 Å². The van der Waals surface area contributed by atoms with E-state index in [2.05, 4.69) is 16.8 Å². The third kappa shape index (κ3) is 1.33. The molecule has 0 bridgehead atoms. The normalized spacial score (nSPS) is 12.5. The second-order valence-electron chi connectivity index (χ2n) is 2.80. The monoisotopic (exact) mass is 163 g/mol. The first-order valence-corrected chi connectivity index (χ1v) is 4.10. The van der Waals surface area contributed by atoms with Gasteiger partial charge >= 0.3 is 0 Å². The summed E-state index contributed by atoms with van der Waals surface area (Å²) in [7, 11) is 0. The average Bonchev–Trinajstić information content (AvgIpc) is 2.45. The zero-order valence-electron chi connectivity index (χ0n) is 7.70. The molecule has 0 amide bonds. The molecule has 3 heteroatoms. The molecule has 1 aromatic rings. The number of imidazole rings is 1. The van der Waals surface area contributed by atoms with Crippen LogP contribution in [0.1, 0.15) is 31.5 Å². The van der Waals surface area contributed by atoms with E-state index in [-0.39, 0.29) is 6.17 Å². The fourth-order valence-corrected chi connectivity index (χ4v) is 1.33. The number of rotatable bonds is 2. The maximum Gasteiger partial charge on any atom is 0.300 e. The number of nitrogens with zero attached hydrogens (tertiary/aromatic N) is 3. The maximum atomic E-state index is 6.93. The molecule has 0 aliphatic rings. The van der Waals surface area contributed by atoms with Gasteiger partial charge in [-0.2, -0.15) is 0 Å². The molecule has 0 saturated carbocycles. The zero-order chi connectivity index (χ0) is 9.14. The Kier molecular flexibility index (Phi) is 2.49. The van der Waals surface area contributed by atoms with Gasteiger partial charge in [-0.15, -0.1) is 0 Å². The Hall–Kier alpha value is -1.30. The lowest BCUT2D eigenvalue weighted by molar-refractivity contribution is 0.605. The lowest BCUT2D eigenvalue weighted by Crippen LogP contribution is -2.06. The van der Waals surface area contributed by atoms with Crippen molar-refractivity contribution in [2.24, 2.45) is 0 Å². The van der Waals surface area contributed by atoms with E-state index < -0.39 is 0 Å². The van der Waals surface area contributed by atoms with Crippen LogP contribution in [-0.2, 0) is 6.42 Å². The molecular weight excluding hydrogens is 150 g/mol. The zero-order valence-corrected chi connectivity index (χ0v) is 7.70. The first kappa shape index (κ1) is 8.79. The molecule has 0 radical (unpaired) electrons. The summed E-state index contributed by atoms with van der Waals surface area (Å²) in [6, 6.07) is 0. The van der Waals surface area contributed by atoms with Crippen LogP contribution in [0.4, 0.5) is 0 Å². The molecule has 1 unspecified atom stereocenters. The number of aryl methyl sites for hydroxylation is 2. The molecule has 0 spiro atoms. The second kappa shape index (κ2) is 3.40. The van der Waals surface area contributed by atoms with Gasteiger partial charge in [-0.05, 0) is 6.92 Å². The SMILES string of the molecule is [C-]#[N+]C(C)n1c(C)cnc1CC. The van der Waals surface area contributed by atoms with Crippen LogP contribution >= 0.6 is 0 Å². The molecule has 1 heterocycles. The Bertz CT molecular complexity index is 306. The first-order valence-electron chi connectivity index (χ1n) is 4.10. The van der Waals surface area contributed by atoms with E-state index in [4.69, 9.17) is 6.57 Å². The fourth-order valence-electron chi connectivity index (χ4n) is 1.33. The molecule has 0 aliphatic heterocycles. The third-order valence-corrected chi connectivity index (χ3v) is 1.94. The number of aromatic nitrogens is 2. The van der Waals surface area contributed by atoms with Gasteiger partial charge in [0.05, 0.1) is 0 Å². The molecule has 0 N–H and O–H groups in total. The maximum absolute atomic E-state index is 6.93. The average molecular weight is 163 g/mol. The van der Waals surface area contributed by atoms with Gasteiger partial charge < -0.3 is 0 Å². The lowest BCUT2D eigenvalue weighted by Gasteiger charge is -2.06. The summed E-state index contributed by atoms with van der Waals surface area (Å²) in [5, 5.41) is 0. The van der Waals surface area contributed by atoms with Crippen LogP contribution in [0.3, 0.4) is 0 Å². The summed E-state index contributed by atoms with van der Waals surface area (Å²) in [5.74, 6) is 0.996. The molecular formula is C9H13N3. The Balaban J connectivity index is 3.12. The van der Waals surface area contributed by atoms with Crippen molar-refractivity contribution in [1.82, 2.24) is 9.55 Å². The minimum Gasteiger partial charge on any atom is -0.290 e. The van der Waals surface area contributed by atoms with Crippen molar-refractivity contribution in [3.8, 4) is 0 Å². The minimum atomic E-state index is -0.123. The fraction of sp³-hybridized carbons (Fsp3) is 0.556. The van der Waals surface area contributed by atoms with Crippen molar-refractivity contribution >= 4 is 0 Å². The summed E-state index contributed by atoms with van der Waals surface area (Å²) >= 11 is 0. The minimum absolute atomic E-state index is 0.123. The van der Waals surface area contributed by atoms with E-state index in [0.717, 1.165) is 17.9 Å². The highest BCUT2D eigenvalue weighted by atomic mass is 15.2. The second-order valence-corrected chi connectivity index (χ2v) is 2.80. The van der Waals surface area contributed by atoms with Gasteiger partial charge in [0.15, 0.2) is 0 Å². The van der Waals surface area contributed by atoms with Crippen LogP contribution in [0.15, 0.2) is 6.20 Å². The van der Waals surface area contributed by atoms with Gasteiger partial charge in [0.2, 0.25) is 0 Å². The summed E-state index contributed by atoms with van der Waals surface area (Å²) in [6.07, 6.45) is 2.58. The Labute approximate surface area is 72.9 Å². The van der Waals surface area contributed by atoms with Crippen molar-refractivity contribution in [3.05, 3.63) is 29.1 Å². The first-order chi connectivity index (χ1) is 5.70. The molecule has 1 rings (SSSR count). The molecule has 1 atom stereocenters. The predicted octanol–water partition coefficient (Wildman–Crippen LogP) is 2.19. The molecule has 3 nitrogen and oxygen atoms in total. The summed E-state index contributed by atoms with van der Waals surface area (Å²) in [6.45, 7) is 12.8. The number of hydrogen-bond donors (Lipinski definition) is 0. The molecule has 64 valence electrons. The van der Waals surface area contributed by atoms with Crippen LogP contribution in [0.5, 0.6) is 0 Å². The van der Waals surface area contributed by atoms with E-state index in [1.165, 1.54) is 0 Å². The van der Waals surface area contributed by atoms with E-state index in [9.17, 15) is 0 Å². The smallest absolute Gasteiger partial charge is 0.290 e. The van der Waals surface area contributed by atoms with Crippen LogP contribution in [0.2, 0.25) is 0 Å². The molecule has 0 aromatic carbocycles. The van der Waals surface area contributed by atoms with E-state index in [1.807, 2.05) is 24.6 Å². The van der Waals surface area contributed by atoms with E-state index in [1.54, 1.807) is 0 Å². The van der Waals surface area contributed by atoms with Gasteiger partial charge in [-0.25, -0.2) is 11.6 Å². The molecule has 1 aromatic heterocycles. The van der Waals surface area contributed by atoms with Crippen molar-refractivity contribution in [3.63, 3.8) is 0 Å². The van der Waals surface area contributed by atoms with Crippen molar-refractivity contribution in [2.45, 2.75) is 33.4 Å². The topological polar surface area (TPSA) is 22.2 Å².